The Labute approximate surface area is 135 Å². The first-order chi connectivity index (χ1) is 10.4. The fourth-order valence-electron chi connectivity index (χ4n) is 2.17. The number of benzene rings is 2. The molecule has 116 valence electrons. The Bertz CT molecular complexity index is 633. The van der Waals surface area contributed by atoms with Gasteiger partial charge in [0.1, 0.15) is 0 Å². The molecule has 2 N–H and O–H groups in total. The van der Waals surface area contributed by atoms with Gasteiger partial charge in [-0.05, 0) is 55.7 Å². The van der Waals surface area contributed by atoms with E-state index in [9.17, 15) is 4.79 Å². The van der Waals surface area contributed by atoms with Gasteiger partial charge >= 0.3 is 0 Å². The first-order valence-electron chi connectivity index (χ1n) is 7.21. The van der Waals surface area contributed by atoms with Crippen molar-refractivity contribution in [2.45, 2.75) is 25.7 Å². The van der Waals surface area contributed by atoms with E-state index >= 15 is 0 Å². The Hall–Kier alpha value is -1.84. The largest absolute Gasteiger partial charge is 0.396 e. The fraction of sp³-hybridized carbons (Fsp3) is 0.278. The van der Waals surface area contributed by atoms with Crippen LogP contribution in [0, 0.1) is 0 Å². The van der Waals surface area contributed by atoms with Crippen molar-refractivity contribution in [1.29, 1.82) is 0 Å². The molecular weight excluding hydrogens is 298 g/mol. The summed E-state index contributed by atoms with van der Waals surface area (Å²) < 4.78 is 0. The Kier molecular flexibility index (Phi) is 5.22. The van der Waals surface area contributed by atoms with Gasteiger partial charge in [0.15, 0.2) is 0 Å². The predicted molar refractivity (Wildman–Crippen MR) is 90.3 cm³/mol. The molecule has 0 aliphatic rings. The molecule has 4 heteroatoms. The maximum absolute atomic E-state index is 12.5. The molecule has 0 unspecified atom stereocenters. The van der Waals surface area contributed by atoms with Crippen molar-refractivity contribution in [3.8, 4) is 0 Å². The minimum Gasteiger partial charge on any atom is -0.396 e. The van der Waals surface area contributed by atoms with E-state index in [2.05, 4.69) is 5.32 Å². The number of anilines is 1. The van der Waals surface area contributed by atoms with Gasteiger partial charge in [-0.3, -0.25) is 4.79 Å². The smallest absolute Gasteiger partial charge is 0.234 e. The van der Waals surface area contributed by atoms with E-state index in [0.717, 1.165) is 16.8 Å². The molecule has 0 saturated carbocycles. The zero-order valence-electron chi connectivity index (χ0n) is 12.8. The number of halogens is 1. The van der Waals surface area contributed by atoms with Crippen LogP contribution in [0.4, 0.5) is 5.69 Å². The summed E-state index contributed by atoms with van der Waals surface area (Å²) in [5.74, 6) is -0.0790. The number of nitrogens with one attached hydrogen (secondary N) is 1. The lowest BCUT2D eigenvalue weighted by molar-refractivity contribution is -0.120. The molecule has 0 aliphatic heterocycles. The molecule has 0 saturated heterocycles. The third-order valence-corrected chi connectivity index (χ3v) is 4.00. The molecule has 0 aliphatic carbocycles. The summed E-state index contributed by atoms with van der Waals surface area (Å²) in [6.45, 7) is 3.88. The number of hydrogen-bond acceptors (Lipinski definition) is 2. The molecule has 0 radical (unpaired) electrons. The molecule has 0 aromatic heterocycles. The van der Waals surface area contributed by atoms with Gasteiger partial charge in [-0.1, -0.05) is 35.9 Å². The van der Waals surface area contributed by atoms with Gasteiger partial charge in [-0.15, -0.1) is 0 Å². The lowest BCUT2D eigenvalue weighted by Crippen LogP contribution is -2.34. The number of carbonyl (C=O) groups excluding carboxylic acids is 1. The van der Waals surface area contributed by atoms with Crippen LogP contribution in [0.5, 0.6) is 0 Å². The van der Waals surface area contributed by atoms with Crippen molar-refractivity contribution in [2.24, 2.45) is 0 Å². The number of aliphatic hydroxyl groups is 1. The Morgan fingerprint density at radius 1 is 1.09 bits per heavy atom. The van der Waals surface area contributed by atoms with Gasteiger partial charge in [0.05, 0.1) is 5.41 Å². The average Bonchev–Trinajstić information content (AvgIpc) is 2.50. The summed E-state index contributed by atoms with van der Waals surface area (Å²) in [7, 11) is 0. The zero-order valence-corrected chi connectivity index (χ0v) is 13.5. The van der Waals surface area contributed by atoms with Crippen molar-refractivity contribution in [2.75, 3.05) is 11.9 Å². The van der Waals surface area contributed by atoms with Crippen LogP contribution in [0.1, 0.15) is 25.0 Å². The van der Waals surface area contributed by atoms with Crippen LogP contribution in [-0.2, 0) is 16.6 Å². The highest BCUT2D eigenvalue weighted by Gasteiger charge is 2.29. The van der Waals surface area contributed by atoms with E-state index in [4.69, 9.17) is 16.7 Å². The number of carbonyl (C=O) groups is 1. The fourth-order valence-corrected chi connectivity index (χ4v) is 2.29. The van der Waals surface area contributed by atoms with Crippen LogP contribution >= 0.6 is 11.6 Å². The summed E-state index contributed by atoms with van der Waals surface area (Å²) in [5, 5.41) is 12.5. The van der Waals surface area contributed by atoms with E-state index in [0.29, 0.717) is 11.4 Å². The summed E-state index contributed by atoms with van der Waals surface area (Å²) in [6, 6.07) is 14.8. The Morgan fingerprint density at radius 3 is 2.23 bits per heavy atom. The highest BCUT2D eigenvalue weighted by atomic mass is 35.5. The first kappa shape index (κ1) is 16.5. The average molecular weight is 318 g/mol. The molecule has 0 fully saturated rings. The van der Waals surface area contributed by atoms with Crippen molar-refractivity contribution in [3.05, 3.63) is 64.7 Å². The van der Waals surface area contributed by atoms with Gasteiger partial charge < -0.3 is 10.4 Å². The number of aliphatic hydroxyl groups excluding tert-OH is 1. The standard InChI is InChI=1S/C18H20ClNO2/c1-18(2,14-5-7-15(19)8-6-14)17(22)20-16-9-3-13(4-10-16)11-12-21/h3-10,21H,11-12H2,1-2H3,(H,20,22). The topological polar surface area (TPSA) is 49.3 Å². The third-order valence-electron chi connectivity index (χ3n) is 3.75. The van der Waals surface area contributed by atoms with E-state index in [1.165, 1.54) is 0 Å². The van der Waals surface area contributed by atoms with Gasteiger partial charge in [0.2, 0.25) is 5.91 Å². The molecule has 0 bridgehead atoms. The highest BCUT2D eigenvalue weighted by molar-refractivity contribution is 6.30. The van der Waals surface area contributed by atoms with Crippen LogP contribution < -0.4 is 5.32 Å². The minimum absolute atomic E-state index is 0.0790. The number of hydrogen-bond donors (Lipinski definition) is 2. The zero-order chi connectivity index (χ0) is 16.2. The maximum atomic E-state index is 12.5. The highest BCUT2D eigenvalue weighted by Crippen LogP contribution is 2.26. The molecule has 3 nitrogen and oxygen atoms in total. The monoisotopic (exact) mass is 317 g/mol. The molecule has 2 aromatic carbocycles. The summed E-state index contributed by atoms with van der Waals surface area (Å²) in [4.78, 5) is 12.5. The summed E-state index contributed by atoms with van der Waals surface area (Å²) in [5.41, 5.74) is 2.03. The second-order valence-corrected chi connectivity index (χ2v) is 6.19. The SMILES string of the molecule is CC(C)(C(=O)Nc1ccc(CCO)cc1)c1ccc(Cl)cc1. The van der Waals surface area contributed by atoms with E-state index in [1.54, 1.807) is 12.1 Å². The normalized spacial score (nSPS) is 11.3. The Balaban J connectivity index is 2.11. The molecule has 0 spiro atoms. The molecule has 1 amide bonds. The number of rotatable bonds is 5. The lowest BCUT2D eigenvalue weighted by atomic mass is 9.83. The van der Waals surface area contributed by atoms with Crippen LogP contribution in [0.2, 0.25) is 5.02 Å². The third kappa shape index (κ3) is 3.87. The molecule has 0 atom stereocenters. The van der Waals surface area contributed by atoms with Gasteiger partial charge in [-0.2, -0.15) is 0 Å². The predicted octanol–water partition coefficient (Wildman–Crippen LogP) is 3.79. The number of amides is 1. The molecule has 22 heavy (non-hydrogen) atoms. The van der Waals surface area contributed by atoms with E-state index in [-0.39, 0.29) is 12.5 Å². The first-order valence-corrected chi connectivity index (χ1v) is 7.58. The van der Waals surface area contributed by atoms with Crippen molar-refractivity contribution in [3.63, 3.8) is 0 Å². The maximum Gasteiger partial charge on any atom is 0.234 e. The van der Waals surface area contributed by atoms with Gasteiger partial charge in [0, 0.05) is 17.3 Å². The molecule has 2 rings (SSSR count). The van der Waals surface area contributed by atoms with Gasteiger partial charge in [-0.25, -0.2) is 0 Å². The van der Waals surface area contributed by atoms with Crippen LogP contribution in [0.25, 0.3) is 0 Å². The molecular formula is C18H20ClNO2. The lowest BCUT2D eigenvalue weighted by Gasteiger charge is -2.24. The van der Waals surface area contributed by atoms with E-state index in [1.807, 2.05) is 50.2 Å². The van der Waals surface area contributed by atoms with Crippen molar-refractivity contribution in [1.82, 2.24) is 0 Å². The van der Waals surface area contributed by atoms with Crippen LogP contribution in [0.3, 0.4) is 0 Å². The second kappa shape index (κ2) is 6.95. The quantitative estimate of drug-likeness (QED) is 0.881. The molecule has 2 aromatic rings. The van der Waals surface area contributed by atoms with E-state index < -0.39 is 5.41 Å². The van der Waals surface area contributed by atoms with Crippen molar-refractivity contribution < 1.29 is 9.90 Å². The Morgan fingerprint density at radius 2 is 1.68 bits per heavy atom. The minimum atomic E-state index is -0.658. The summed E-state index contributed by atoms with van der Waals surface area (Å²) in [6.07, 6.45) is 0.616. The van der Waals surface area contributed by atoms with Crippen molar-refractivity contribution >= 4 is 23.2 Å². The summed E-state index contributed by atoms with van der Waals surface area (Å²) >= 11 is 5.89. The van der Waals surface area contributed by atoms with Gasteiger partial charge in [0.25, 0.3) is 0 Å². The second-order valence-electron chi connectivity index (χ2n) is 5.76. The molecule has 0 heterocycles. The van der Waals surface area contributed by atoms with Crippen LogP contribution in [0.15, 0.2) is 48.5 Å². The van der Waals surface area contributed by atoms with Crippen LogP contribution in [-0.4, -0.2) is 17.6 Å².